The van der Waals surface area contributed by atoms with Gasteiger partial charge in [0.25, 0.3) is 5.88 Å². The fraction of sp³-hybridized carbons (Fsp3) is 0.333. The van der Waals surface area contributed by atoms with Crippen molar-refractivity contribution < 1.29 is 18.9 Å². The van der Waals surface area contributed by atoms with Gasteiger partial charge in [-0.25, -0.2) is 9.97 Å². The number of pyridine rings is 2. The summed E-state index contributed by atoms with van der Waals surface area (Å²) in [6.45, 7) is 2.30. The van der Waals surface area contributed by atoms with Crippen molar-refractivity contribution >= 4 is 33.7 Å². The third-order valence-corrected chi connectivity index (χ3v) is 5.20. The molecule has 9 heteroatoms. The summed E-state index contributed by atoms with van der Waals surface area (Å²) >= 11 is 6.33. The van der Waals surface area contributed by atoms with Gasteiger partial charge in [0.2, 0.25) is 0 Å². The molecule has 158 valence electrons. The van der Waals surface area contributed by atoms with Gasteiger partial charge in [0.1, 0.15) is 11.2 Å². The topological polar surface area (TPSA) is 83.4 Å². The first-order valence-corrected chi connectivity index (χ1v) is 9.86. The number of nitrogens with zero attached hydrogens (tertiary/aromatic N) is 3. The first-order chi connectivity index (χ1) is 14.7. The van der Waals surface area contributed by atoms with Gasteiger partial charge in [0.05, 0.1) is 50.3 Å². The highest BCUT2D eigenvalue weighted by Crippen LogP contribution is 2.37. The van der Waals surface area contributed by atoms with E-state index in [1.165, 1.54) is 0 Å². The maximum atomic E-state index is 6.33. The van der Waals surface area contributed by atoms with Crippen molar-refractivity contribution in [3.8, 4) is 22.9 Å². The number of fused-ring (bicyclic) bond motifs is 2. The van der Waals surface area contributed by atoms with E-state index < -0.39 is 0 Å². The third kappa shape index (κ3) is 3.81. The minimum atomic E-state index is 0.424. The van der Waals surface area contributed by atoms with Crippen LogP contribution in [-0.4, -0.2) is 60.7 Å². The normalized spacial score (nSPS) is 11.5. The second-order valence-corrected chi connectivity index (χ2v) is 7.05. The number of halogens is 1. The monoisotopic (exact) mass is 430 g/mol. The highest BCUT2D eigenvalue weighted by Gasteiger charge is 2.18. The number of methoxy groups -OCH3 is 3. The molecule has 0 fully saturated rings. The van der Waals surface area contributed by atoms with Gasteiger partial charge in [-0.15, -0.1) is 0 Å². The number of rotatable bonds is 9. The number of hydrogen-bond donors (Lipinski definition) is 1. The van der Waals surface area contributed by atoms with Crippen LogP contribution < -0.4 is 9.47 Å². The summed E-state index contributed by atoms with van der Waals surface area (Å²) in [6.07, 6.45) is 3.71. The van der Waals surface area contributed by atoms with Crippen LogP contribution in [0.1, 0.15) is 0 Å². The third-order valence-electron chi connectivity index (χ3n) is 4.87. The Balaban J connectivity index is 1.80. The SMILES string of the molecule is COCCOCCn1cc(-c2cc3c(Cl)ccnc3[nH]2)c2nc(OC)c(OC)cc21. The van der Waals surface area contributed by atoms with Crippen molar-refractivity contribution in [2.75, 3.05) is 41.2 Å². The fourth-order valence-electron chi connectivity index (χ4n) is 3.39. The van der Waals surface area contributed by atoms with Crippen molar-refractivity contribution in [3.05, 3.63) is 35.6 Å². The molecule has 0 unspecified atom stereocenters. The molecule has 0 aromatic carbocycles. The molecule has 1 N–H and O–H groups in total. The van der Waals surface area contributed by atoms with Crippen molar-refractivity contribution in [2.24, 2.45) is 0 Å². The number of aromatic amines is 1. The summed E-state index contributed by atoms with van der Waals surface area (Å²) in [7, 11) is 4.82. The molecule has 0 aliphatic rings. The zero-order valence-corrected chi connectivity index (χ0v) is 17.8. The second-order valence-electron chi connectivity index (χ2n) is 6.65. The summed E-state index contributed by atoms with van der Waals surface area (Å²) in [5, 5.41) is 1.50. The molecule has 4 rings (SSSR count). The van der Waals surface area contributed by atoms with Gasteiger partial charge in [-0.3, -0.25) is 0 Å². The molecule has 0 radical (unpaired) electrons. The van der Waals surface area contributed by atoms with Crippen molar-refractivity contribution in [1.82, 2.24) is 19.5 Å². The van der Waals surface area contributed by atoms with Gasteiger partial charge >= 0.3 is 0 Å². The number of H-pyrrole nitrogens is 1. The first-order valence-electron chi connectivity index (χ1n) is 9.48. The maximum absolute atomic E-state index is 6.33. The van der Waals surface area contributed by atoms with Crippen LogP contribution in [0.3, 0.4) is 0 Å². The molecule has 0 aliphatic heterocycles. The smallest absolute Gasteiger partial charge is 0.257 e. The Morgan fingerprint density at radius 2 is 1.97 bits per heavy atom. The molecule has 4 aromatic heterocycles. The van der Waals surface area contributed by atoms with Gasteiger partial charge < -0.3 is 28.5 Å². The van der Waals surface area contributed by atoms with Gasteiger partial charge in [-0.2, -0.15) is 0 Å². The number of aromatic nitrogens is 4. The molecule has 8 nitrogen and oxygen atoms in total. The summed E-state index contributed by atoms with van der Waals surface area (Å²) < 4.78 is 23.6. The highest BCUT2D eigenvalue weighted by molar-refractivity contribution is 6.35. The van der Waals surface area contributed by atoms with Crippen LogP contribution in [-0.2, 0) is 16.0 Å². The van der Waals surface area contributed by atoms with Crippen molar-refractivity contribution in [1.29, 1.82) is 0 Å². The molecule has 30 heavy (non-hydrogen) atoms. The van der Waals surface area contributed by atoms with E-state index in [1.54, 1.807) is 33.6 Å². The lowest BCUT2D eigenvalue weighted by Gasteiger charge is -2.09. The highest BCUT2D eigenvalue weighted by atomic mass is 35.5. The largest absolute Gasteiger partial charge is 0.491 e. The molecule has 0 amide bonds. The Bertz CT molecular complexity index is 1170. The van der Waals surface area contributed by atoms with Gasteiger partial charge in [-0.1, -0.05) is 11.6 Å². The second kappa shape index (κ2) is 8.91. The predicted octanol–water partition coefficient (Wildman–Crippen LogP) is 3.91. The average molecular weight is 431 g/mol. The van der Waals surface area contributed by atoms with Crippen LogP contribution in [0.25, 0.3) is 33.3 Å². The maximum Gasteiger partial charge on any atom is 0.257 e. The van der Waals surface area contributed by atoms with E-state index in [1.807, 2.05) is 18.3 Å². The van der Waals surface area contributed by atoms with Gasteiger partial charge in [0.15, 0.2) is 5.75 Å². The van der Waals surface area contributed by atoms with E-state index in [9.17, 15) is 0 Å². The Morgan fingerprint density at radius 3 is 2.70 bits per heavy atom. The lowest BCUT2D eigenvalue weighted by molar-refractivity contribution is 0.0670. The van der Waals surface area contributed by atoms with E-state index in [-0.39, 0.29) is 0 Å². The minimum absolute atomic E-state index is 0.424. The summed E-state index contributed by atoms with van der Waals surface area (Å²) in [6, 6.07) is 5.68. The first kappa shape index (κ1) is 20.5. The van der Waals surface area contributed by atoms with Gasteiger partial charge in [-0.05, 0) is 12.1 Å². The quantitative estimate of drug-likeness (QED) is 0.405. The minimum Gasteiger partial charge on any atom is -0.491 e. The standard InChI is InChI=1S/C21H23ClN4O4/c1-27-8-9-30-7-6-26-12-14(16-10-13-15(22)4-5-23-20(13)24-16)19-17(26)11-18(28-2)21(25-19)29-3/h4-5,10-12H,6-9H2,1-3H3,(H,23,24). The van der Waals surface area contributed by atoms with E-state index in [4.69, 9.17) is 35.5 Å². The van der Waals surface area contributed by atoms with Crippen molar-refractivity contribution in [2.45, 2.75) is 6.54 Å². The average Bonchev–Trinajstić information content (AvgIpc) is 3.34. The molecule has 0 aliphatic carbocycles. The van der Waals surface area contributed by atoms with Gasteiger partial charge in [0, 0.05) is 43.1 Å². The van der Waals surface area contributed by atoms with Crippen LogP contribution >= 0.6 is 11.6 Å². The lowest BCUT2D eigenvalue weighted by Crippen LogP contribution is -2.08. The number of ether oxygens (including phenoxy) is 4. The Hall–Kier alpha value is -2.81. The fourth-order valence-corrected chi connectivity index (χ4v) is 3.59. The Kier molecular flexibility index (Phi) is 6.08. The van der Waals surface area contributed by atoms with Crippen molar-refractivity contribution in [3.63, 3.8) is 0 Å². The molecule has 4 aromatic rings. The molecule has 0 atom stereocenters. The van der Waals surface area contributed by atoms with Crippen LogP contribution in [0.5, 0.6) is 11.6 Å². The molecular formula is C21H23ClN4O4. The molecule has 0 saturated carbocycles. The molecular weight excluding hydrogens is 408 g/mol. The van der Waals surface area contributed by atoms with Crippen LogP contribution in [0.15, 0.2) is 30.6 Å². The van der Waals surface area contributed by atoms with E-state index in [2.05, 4.69) is 14.5 Å². The zero-order valence-electron chi connectivity index (χ0n) is 17.1. The van der Waals surface area contributed by atoms with E-state index in [0.29, 0.717) is 43.0 Å². The number of hydrogen-bond acceptors (Lipinski definition) is 6. The van der Waals surface area contributed by atoms with Crippen LogP contribution in [0.2, 0.25) is 5.02 Å². The molecule has 4 heterocycles. The Morgan fingerprint density at radius 1 is 1.10 bits per heavy atom. The lowest BCUT2D eigenvalue weighted by atomic mass is 10.2. The van der Waals surface area contributed by atoms with Crippen LogP contribution in [0, 0.1) is 0 Å². The van der Waals surface area contributed by atoms with E-state index in [0.717, 1.165) is 33.3 Å². The molecule has 0 saturated heterocycles. The summed E-state index contributed by atoms with van der Waals surface area (Å²) in [5.41, 5.74) is 4.20. The summed E-state index contributed by atoms with van der Waals surface area (Å²) in [5.74, 6) is 0.991. The molecule has 0 spiro atoms. The number of nitrogens with one attached hydrogen (secondary N) is 1. The zero-order chi connectivity index (χ0) is 21.1. The predicted molar refractivity (Wildman–Crippen MR) is 116 cm³/mol. The molecule has 0 bridgehead atoms. The Labute approximate surface area is 178 Å². The summed E-state index contributed by atoms with van der Waals surface area (Å²) in [4.78, 5) is 12.4. The van der Waals surface area contributed by atoms with E-state index >= 15 is 0 Å². The van der Waals surface area contributed by atoms with Crippen LogP contribution in [0.4, 0.5) is 0 Å².